The van der Waals surface area contributed by atoms with Gasteiger partial charge < -0.3 is 14.9 Å². The first-order chi connectivity index (χ1) is 8.91. The highest BCUT2D eigenvalue weighted by Crippen LogP contribution is 2.30. The molecular weight excluding hydrogens is 240 g/mol. The molecule has 0 aromatic rings. The van der Waals surface area contributed by atoms with Gasteiger partial charge >= 0.3 is 0 Å². The molecule has 0 bridgehead atoms. The van der Waals surface area contributed by atoms with Crippen molar-refractivity contribution in [3.8, 4) is 0 Å². The van der Waals surface area contributed by atoms with Crippen LogP contribution in [-0.4, -0.2) is 59.1 Å². The number of aliphatic hydroxyl groups excluding tert-OH is 1. The van der Waals surface area contributed by atoms with Crippen LogP contribution in [0.5, 0.6) is 0 Å². The van der Waals surface area contributed by atoms with Crippen LogP contribution >= 0.6 is 0 Å². The normalized spacial score (nSPS) is 32.3. The van der Waals surface area contributed by atoms with E-state index in [0.717, 1.165) is 38.9 Å². The zero-order chi connectivity index (χ0) is 14.0. The number of nitrogens with zero attached hydrogens (tertiary/aromatic N) is 2. The van der Waals surface area contributed by atoms with Gasteiger partial charge in [-0.25, -0.2) is 0 Å². The Morgan fingerprint density at radius 3 is 2.63 bits per heavy atom. The highest BCUT2D eigenvalue weighted by atomic mass is 16.3. The minimum absolute atomic E-state index is 0.226. The smallest absolute Gasteiger partial charge is 0.223 e. The van der Waals surface area contributed by atoms with Gasteiger partial charge in [0.05, 0.1) is 11.6 Å². The topological polar surface area (TPSA) is 43.8 Å². The Morgan fingerprint density at radius 1 is 1.26 bits per heavy atom. The van der Waals surface area contributed by atoms with Gasteiger partial charge in [-0.1, -0.05) is 0 Å². The second-order valence-corrected chi connectivity index (χ2v) is 6.83. The summed E-state index contributed by atoms with van der Waals surface area (Å²) in [5.74, 6) is 0.713. The Kier molecular flexibility index (Phi) is 4.51. The highest BCUT2D eigenvalue weighted by Gasteiger charge is 2.40. The van der Waals surface area contributed by atoms with Crippen molar-refractivity contribution < 1.29 is 9.90 Å². The Bertz CT molecular complexity index is 330. The molecule has 4 heteroatoms. The Labute approximate surface area is 116 Å². The largest absolute Gasteiger partial charge is 0.391 e. The van der Waals surface area contributed by atoms with Crippen LogP contribution in [0.25, 0.3) is 0 Å². The number of amides is 1. The number of hydrogen-bond donors (Lipinski definition) is 1. The van der Waals surface area contributed by atoms with Gasteiger partial charge in [0.25, 0.3) is 0 Å². The summed E-state index contributed by atoms with van der Waals surface area (Å²) in [5, 5.41) is 10.1. The molecule has 0 saturated carbocycles. The summed E-state index contributed by atoms with van der Waals surface area (Å²) >= 11 is 0. The lowest BCUT2D eigenvalue weighted by Crippen LogP contribution is -2.58. The molecule has 0 aromatic carbocycles. The van der Waals surface area contributed by atoms with E-state index < -0.39 is 5.54 Å². The number of rotatable bonds is 2. The van der Waals surface area contributed by atoms with E-state index in [1.165, 1.54) is 6.42 Å². The molecule has 2 fully saturated rings. The molecule has 0 aromatic heterocycles. The van der Waals surface area contributed by atoms with Gasteiger partial charge in [0.2, 0.25) is 5.91 Å². The first kappa shape index (κ1) is 14.8. The van der Waals surface area contributed by atoms with Gasteiger partial charge in [0.15, 0.2) is 0 Å². The van der Waals surface area contributed by atoms with E-state index in [9.17, 15) is 9.90 Å². The van der Waals surface area contributed by atoms with Crippen LogP contribution in [0.15, 0.2) is 0 Å². The molecule has 0 radical (unpaired) electrons. The summed E-state index contributed by atoms with van der Waals surface area (Å²) in [7, 11) is 2.13. The number of hydrogen-bond acceptors (Lipinski definition) is 3. The van der Waals surface area contributed by atoms with Crippen LogP contribution in [0.2, 0.25) is 0 Å². The van der Waals surface area contributed by atoms with Crippen molar-refractivity contribution in [2.75, 3.05) is 26.7 Å². The SMILES string of the molecule is CN1CCCC(CC(=O)N2CCCC(O)C2(C)C)C1. The van der Waals surface area contributed by atoms with Crippen LogP contribution in [0, 0.1) is 5.92 Å². The summed E-state index contributed by atoms with van der Waals surface area (Å²) < 4.78 is 0. The molecule has 19 heavy (non-hydrogen) atoms. The molecule has 0 aliphatic carbocycles. The number of carbonyl (C=O) groups excluding carboxylic acids is 1. The number of carbonyl (C=O) groups is 1. The third-order valence-corrected chi connectivity index (χ3v) is 4.86. The van der Waals surface area contributed by atoms with Crippen molar-refractivity contribution in [2.45, 2.75) is 57.6 Å². The average Bonchev–Trinajstić information content (AvgIpc) is 2.32. The number of piperidine rings is 2. The van der Waals surface area contributed by atoms with Crippen molar-refractivity contribution >= 4 is 5.91 Å². The molecule has 4 nitrogen and oxygen atoms in total. The van der Waals surface area contributed by atoms with E-state index in [4.69, 9.17) is 0 Å². The van der Waals surface area contributed by atoms with Gasteiger partial charge in [-0.15, -0.1) is 0 Å². The summed E-state index contributed by atoms with van der Waals surface area (Å²) in [6, 6.07) is 0. The van der Waals surface area contributed by atoms with Crippen molar-refractivity contribution in [2.24, 2.45) is 5.92 Å². The summed E-state index contributed by atoms with van der Waals surface area (Å²) in [6.07, 6.45) is 4.33. The zero-order valence-corrected chi connectivity index (χ0v) is 12.6. The summed E-state index contributed by atoms with van der Waals surface area (Å²) in [5.41, 5.74) is -0.407. The van der Waals surface area contributed by atoms with Crippen molar-refractivity contribution in [3.63, 3.8) is 0 Å². The maximum absolute atomic E-state index is 12.5. The lowest BCUT2D eigenvalue weighted by Gasteiger charge is -2.46. The maximum Gasteiger partial charge on any atom is 0.223 e. The minimum atomic E-state index is -0.407. The molecule has 1 N–H and O–H groups in total. The van der Waals surface area contributed by atoms with E-state index in [1.54, 1.807) is 0 Å². The molecule has 0 spiro atoms. The predicted molar refractivity (Wildman–Crippen MR) is 75.9 cm³/mol. The molecule has 110 valence electrons. The fourth-order valence-electron chi connectivity index (χ4n) is 3.51. The molecule has 2 aliphatic heterocycles. The molecule has 1 amide bonds. The van der Waals surface area contributed by atoms with Crippen LogP contribution in [-0.2, 0) is 4.79 Å². The lowest BCUT2D eigenvalue weighted by atomic mass is 9.86. The number of aliphatic hydroxyl groups is 1. The fourth-order valence-corrected chi connectivity index (χ4v) is 3.51. The van der Waals surface area contributed by atoms with E-state index in [-0.39, 0.29) is 12.0 Å². The molecule has 2 rings (SSSR count). The summed E-state index contributed by atoms with van der Waals surface area (Å²) in [6.45, 7) is 6.95. The van der Waals surface area contributed by atoms with E-state index in [0.29, 0.717) is 12.3 Å². The van der Waals surface area contributed by atoms with Gasteiger partial charge in [-0.2, -0.15) is 0 Å². The highest BCUT2D eigenvalue weighted by molar-refractivity contribution is 5.77. The van der Waals surface area contributed by atoms with Crippen molar-refractivity contribution in [3.05, 3.63) is 0 Å². The quantitative estimate of drug-likeness (QED) is 0.825. The van der Waals surface area contributed by atoms with Crippen LogP contribution in [0.4, 0.5) is 0 Å². The molecule has 2 aliphatic rings. The van der Waals surface area contributed by atoms with Crippen LogP contribution in [0.3, 0.4) is 0 Å². The molecule has 2 atom stereocenters. The van der Waals surface area contributed by atoms with Gasteiger partial charge in [-0.3, -0.25) is 4.79 Å². The second-order valence-electron chi connectivity index (χ2n) is 6.83. The monoisotopic (exact) mass is 268 g/mol. The van der Waals surface area contributed by atoms with Gasteiger partial charge in [0.1, 0.15) is 0 Å². The Morgan fingerprint density at radius 2 is 1.95 bits per heavy atom. The van der Waals surface area contributed by atoms with Gasteiger partial charge in [0, 0.05) is 19.5 Å². The first-order valence-electron chi connectivity index (χ1n) is 7.58. The average molecular weight is 268 g/mol. The summed E-state index contributed by atoms with van der Waals surface area (Å²) in [4.78, 5) is 16.8. The van der Waals surface area contributed by atoms with E-state index in [1.807, 2.05) is 18.7 Å². The molecule has 2 heterocycles. The lowest BCUT2D eigenvalue weighted by molar-refractivity contribution is -0.146. The van der Waals surface area contributed by atoms with Crippen LogP contribution in [0.1, 0.15) is 46.0 Å². The van der Waals surface area contributed by atoms with Crippen molar-refractivity contribution in [1.82, 2.24) is 9.80 Å². The Hall–Kier alpha value is -0.610. The molecule has 2 unspecified atom stereocenters. The van der Waals surface area contributed by atoms with Gasteiger partial charge in [-0.05, 0) is 59.0 Å². The third-order valence-electron chi connectivity index (χ3n) is 4.86. The van der Waals surface area contributed by atoms with Crippen LogP contribution < -0.4 is 0 Å². The van der Waals surface area contributed by atoms with E-state index in [2.05, 4.69) is 11.9 Å². The van der Waals surface area contributed by atoms with E-state index >= 15 is 0 Å². The molecule has 2 saturated heterocycles. The zero-order valence-electron chi connectivity index (χ0n) is 12.6. The minimum Gasteiger partial charge on any atom is -0.391 e. The fraction of sp³-hybridized carbons (Fsp3) is 0.933. The first-order valence-corrected chi connectivity index (χ1v) is 7.58. The third kappa shape index (κ3) is 3.29. The molecular formula is C15H28N2O2. The number of likely N-dealkylation sites (tertiary alicyclic amines) is 2. The van der Waals surface area contributed by atoms with Crippen molar-refractivity contribution in [1.29, 1.82) is 0 Å². The second kappa shape index (κ2) is 5.80. The maximum atomic E-state index is 12.5. The Balaban J connectivity index is 1.95. The standard InChI is InChI=1S/C15H28N2O2/c1-15(2)13(18)7-5-9-17(15)14(19)10-12-6-4-8-16(3)11-12/h12-13,18H,4-11H2,1-3H3. The predicted octanol–water partition coefficient (Wildman–Crippen LogP) is 1.48.